The van der Waals surface area contributed by atoms with E-state index in [1.807, 2.05) is 32.3 Å². The van der Waals surface area contributed by atoms with Gasteiger partial charge in [-0.25, -0.2) is 4.39 Å². The number of halogens is 1. The summed E-state index contributed by atoms with van der Waals surface area (Å²) in [5.41, 5.74) is 3.23. The van der Waals surface area contributed by atoms with Crippen molar-refractivity contribution in [2.75, 3.05) is 0 Å². The van der Waals surface area contributed by atoms with Crippen LogP contribution in [-0.4, -0.2) is 37.5 Å². The van der Waals surface area contributed by atoms with Gasteiger partial charge in [0.25, 0.3) is 0 Å². The Balaban J connectivity index is 1.49. The molecule has 3 aromatic heterocycles. The second kappa shape index (κ2) is 14.1. The monoisotopic (exact) mass is 537 g/mol. The van der Waals surface area contributed by atoms with Crippen molar-refractivity contribution < 1.29 is 18.8 Å². The molecule has 3 N–H and O–H groups in total. The number of rotatable bonds is 13. The third-order valence-corrected chi connectivity index (χ3v) is 6.26. The van der Waals surface area contributed by atoms with Crippen molar-refractivity contribution >= 4 is 17.7 Å². The third-order valence-electron chi connectivity index (χ3n) is 6.26. The molecule has 0 fully saturated rings. The maximum Gasteiger partial charge on any atom is 0.223 e. The van der Waals surface area contributed by atoms with Crippen LogP contribution in [0.25, 0.3) is 0 Å². The van der Waals surface area contributed by atoms with E-state index in [-0.39, 0.29) is 36.0 Å². The number of carbonyl (C=O) groups is 3. The molecule has 0 saturated carbocycles. The van der Waals surface area contributed by atoms with Crippen LogP contribution < -0.4 is 16.0 Å². The van der Waals surface area contributed by atoms with Crippen molar-refractivity contribution in [3.63, 3.8) is 0 Å². The third kappa shape index (κ3) is 9.27. The lowest BCUT2D eigenvalue weighted by atomic mass is 10.0. The molecule has 2 atom stereocenters. The van der Waals surface area contributed by atoms with Crippen LogP contribution in [0, 0.1) is 11.7 Å². The van der Waals surface area contributed by atoms with Gasteiger partial charge in [0, 0.05) is 56.5 Å². The molecule has 0 radical (unpaired) electrons. The molecule has 208 valence electrons. The van der Waals surface area contributed by atoms with Gasteiger partial charge in [-0.3, -0.25) is 29.0 Å². The van der Waals surface area contributed by atoms with Gasteiger partial charge in [-0.05, 0) is 42.7 Å². The van der Waals surface area contributed by atoms with Gasteiger partial charge < -0.3 is 16.0 Å². The van der Waals surface area contributed by atoms with E-state index in [4.69, 9.17) is 0 Å². The molecule has 3 rings (SSSR count). The average Bonchev–Trinajstić information content (AvgIpc) is 3.35. The lowest BCUT2D eigenvalue weighted by Gasteiger charge is -2.18. The molecule has 3 heterocycles. The van der Waals surface area contributed by atoms with Crippen LogP contribution >= 0.6 is 0 Å². The highest BCUT2D eigenvalue weighted by molar-refractivity contribution is 5.79. The first-order valence-corrected chi connectivity index (χ1v) is 13.0. The maximum absolute atomic E-state index is 14.1. The first kappa shape index (κ1) is 29.4. The predicted octanol–water partition coefficient (Wildman–Crippen LogP) is 2.68. The highest BCUT2D eigenvalue weighted by Gasteiger charge is 2.19. The minimum atomic E-state index is -0.501. The molecule has 0 unspecified atom stereocenters. The molecule has 3 amide bonds. The second-order valence-corrected chi connectivity index (χ2v) is 9.58. The summed E-state index contributed by atoms with van der Waals surface area (Å²) in [5, 5.41) is 12.7. The number of aryl methyl sites for hydroxylation is 2. The largest absolute Gasteiger partial charge is 0.350 e. The number of nitrogens with one attached hydrogen (secondary N) is 3. The molecule has 0 aliphatic rings. The van der Waals surface area contributed by atoms with Gasteiger partial charge >= 0.3 is 0 Å². The van der Waals surface area contributed by atoms with E-state index in [1.54, 1.807) is 37.0 Å². The number of hydrogen-bond donors (Lipinski definition) is 3. The first-order chi connectivity index (χ1) is 18.6. The summed E-state index contributed by atoms with van der Waals surface area (Å²) in [6.45, 7) is 5.75. The Morgan fingerprint density at radius 1 is 1.03 bits per heavy atom. The van der Waals surface area contributed by atoms with Crippen LogP contribution in [0.2, 0.25) is 0 Å². The zero-order chi connectivity index (χ0) is 28.4. The van der Waals surface area contributed by atoms with Gasteiger partial charge in [-0.2, -0.15) is 5.10 Å². The van der Waals surface area contributed by atoms with E-state index < -0.39 is 11.7 Å². The summed E-state index contributed by atoms with van der Waals surface area (Å²) in [7, 11) is 1.83. The molecule has 11 heteroatoms. The number of pyridine rings is 2. The zero-order valence-corrected chi connectivity index (χ0v) is 22.8. The number of amides is 3. The fourth-order valence-corrected chi connectivity index (χ4v) is 3.89. The smallest absolute Gasteiger partial charge is 0.223 e. The number of nitrogens with zero attached hydrogens (tertiary/aromatic N) is 4. The van der Waals surface area contributed by atoms with Crippen LogP contribution in [0.1, 0.15) is 67.9 Å². The Morgan fingerprint density at radius 2 is 1.79 bits per heavy atom. The van der Waals surface area contributed by atoms with E-state index in [0.29, 0.717) is 37.9 Å². The van der Waals surface area contributed by atoms with Crippen molar-refractivity contribution in [3.8, 4) is 0 Å². The van der Waals surface area contributed by atoms with Crippen molar-refractivity contribution in [3.05, 3.63) is 76.9 Å². The lowest BCUT2D eigenvalue weighted by molar-refractivity contribution is -0.125. The van der Waals surface area contributed by atoms with Crippen molar-refractivity contribution in [2.24, 2.45) is 13.0 Å². The van der Waals surface area contributed by atoms with E-state index in [1.165, 1.54) is 6.07 Å². The van der Waals surface area contributed by atoms with Gasteiger partial charge in [0.1, 0.15) is 5.82 Å². The molecule has 0 saturated heterocycles. The van der Waals surface area contributed by atoms with Crippen molar-refractivity contribution in [2.45, 2.75) is 65.6 Å². The summed E-state index contributed by atoms with van der Waals surface area (Å²) in [5.74, 6) is -1.35. The average molecular weight is 538 g/mol. The number of carbonyl (C=O) groups excluding carboxylic acids is 3. The zero-order valence-electron chi connectivity index (χ0n) is 22.8. The molecular weight excluding hydrogens is 501 g/mol. The minimum Gasteiger partial charge on any atom is -0.350 e. The fourth-order valence-electron chi connectivity index (χ4n) is 3.89. The van der Waals surface area contributed by atoms with E-state index >= 15 is 0 Å². The van der Waals surface area contributed by atoms with E-state index in [9.17, 15) is 18.8 Å². The van der Waals surface area contributed by atoms with E-state index in [0.717, 1.165) is 16.8 Å². The number of hydrogen-bond acceptors (Lipinski definition) is 6. The standard InChI is InChI=1S/C28H36FN7O3/c1-5-26(37)32-17-25-24(29)8-7-22(34-25)12-18(2)28(39)33-19(3)21-13-20(14-30-15-21)6-9-27(38)31-16-23-10-11-36(4)35-23/h7-8,10-11,13-15,18-19H,5-6,9,12,16-17H2,1-4H3,(H,31,38)(H,32,37)(H,33,39)/t18-,19-/m0/s1. The van der Waals surface area contributed by atoms with E-state index in [2.05, 4.69) is 31.0 Å². The summed E-state index contributed by atoms with van der Waals surface area (Å²) >= 11 is 0. The molecule has 0 spiro atoms. The molecule has 0 aromatic carbocycles. The Bertz CT molecular complexity index is 1290. The molecule has 0 bridgehead atoms. The number of aromatic nitrogens is 4. The Kier molecular flexibility index (Phi) is 10.7. The molecular formula is C28H36FN7O3. The molecule has 10 nitrogen and oxygen atoms in total. The predicted molar refractivity (Wildman–Crippen MR) is 143 cm³/mol. The fraction of sp³-hybridized carbons (Fsp3) is 0.429. The Hall–Kier alpha value is -4.15. The van der Waals surface area contributed by atoms with Crippen LogP contribution in [0.5, 0.6) is 0 Å². The van der Waals surface area contributed by atoms with Gasteiger partial charge in [0.15, 0.2) is 0 Å². The normalized spacial score (nSPS) is 12.4. The highest BCUT2D eigenvalue weighted by atomic mass is 19.1. The molecule has 0 aliphatic heterocycles. The summed E-state index contributed by atoms with van der Waals surface area (Å²) in [6, 6.07) is 6.35. The summed E-state index contributed by atoms with van der Waals surface area (Å²) in [6.07, 6.45) is 6.68. The maximum atomic E-state index is 14.1. The SMILES string of the molecule is CCC(=O)NCc1nc(C[C@H](C)C(=O)N[C@@H](C)c2cncc(CCC(=O)NCc3ccn(C)n3)c2)ccc1F. The van der Waals surface area contributed by atoms with Crippen LogP contribution in [0.15, 0.2) is 42.9 Å². The van der Waals surface area contributed by atoms with Gasteiger partial charge in [0.2, 0.25) is 17.7 Å². The van der Waals surface area contributed by atoms with Crippen LogP contribution in [0.4, 0.5) is 4.39 Å². The Morgan fingerprint density at radius 3 is 2.51 bits per heavy atom. The molecule has 3 aromatic rings. The first-order valence-electron chi connectivity index (χ1n) is 13.0. The van der Waals surface area contributed by atoms with Gasteiger partial charge in [0.05, 0.1) is 30.5 Å². The quantitative estimate of drug-likeness (QED) is 0.307. The van der Waals surface area contributed by atoms with Crippen LogP contribution in [-0.2, 0) is 47.4 Å². The Labute approximate surface area is 227 Å². The topological polar surface area (TPSA) is 131 Å². The molecule has 39 heavy (non-hydrogen) atoms. The van der Waals surface area contributed by atoms with Crippen molar-refractivity contribution in [1.82, 2.24) is 35.7 Å². The van der Waals surface area contributed by atoms with Gasteiger partial charge in [-0.1, -0.05) is 19.9 Å². The van der Waals surface area contributed by atoms with Crippen LogP contribution in [0.3, 0.4) is 0 Å². The highest BCUT2D eigenvalue weighted by Crippen LogP contribution is 2.16. The summed E-state index contributed by atoms with van der Waals surface area (Å²) in [4.78, 5) is 45.2. The second-order valence-electron chi connectivity index (χ2n) is 9.58. The lowest BCUT2D eigenvalue weighted by Crippen LogP contribution is -2.33. The van der Waals surface area contributed by atoms with Crippen molar-refractivity contribution in [1.29, 1.82) is 0 Å². The summed E-state index contributed by atoms with van der Waals surface area (Å²) < 4.78 is 15.8. The van der Waals surface area contributed by atoms with Gasteiger partial charge in [-0.15, -0.1) is 0 Å². The molecule has 0 aliphatic carbocycles. The minimum absolute atomic E-state index is 0.000801.